The molecule has 6 nitrogen and oxygen atoms in total. The number of nitrogens with zero attached hydrogens (tertiary/aromatic N) is 1. The average molecular weight is 356 g/mol. The van der Waals surface area contributed by atoms with Crippen molar-refractivity contribution in [3.05, 3.63) is 53.6 Å². The first-order valence-corrected chi connectivity index (χ1v) is 8.24. The third kappa shape index (κ3) is 5.24. The molecule has 26 heavy (non-hydrogen) atoms. The van der Waals surface area contributed by atoms with Crippen LogP contribution in [0.2, 0.25) is 0 Å². The van der Waals surface area contributed by atoms with E-state index in [2.05, 4.69) is 5.32 Å². The molecular weight excluding hydrogens is 332 g/mol. The fourth-order valence-corrected chi connectivity index (χ4v) is 2.44. The number of carbonyl (C=O) groups is 2. The van der Waals surface area contributed by atoms with E-state index in [0.717, 1.165) is 11.1 Å². The first kappa shape index (κ1) is 19.3. The standard InChI is InChI=1S/C20H24N2O4/c1-14-5-8-16(9-6-14)21-19(23)13-22(2)20(24)12-15-7-10-17(25-3)18(11-15)26-4/h5-11H,12-13H2,1-4H3,(H,21,23). The fourth-order valence-electron chi connectivity index (χ4n) is 2.44. The topological polar surface area (TPSA) is 67.9 Å². The van der Waals surface area contributed by atoms with Crippen molar-refractivity contribution >= 4 is 17.5 Å². The predicted octanol–water partition coefficient (Wildman–Crippen LogP) is 2.65. The van der Waals surface area contributed by atoms with E-state index in [9.17, 15) is 9.59 Å². The highest BCUT2D eigenvalue weighted by Crippen LogP contribution is 2.27. The summed E-state index contributed by atoms with van der Waals surface area (Å²) in [5.74, 6) is 0.778. The van der Waals surface area contributed by atoms with Gasteiger partial charge in [-0.25, -0.2) is 0 Å². The van der Waals surface area contributed by atoms with Gasteiger partial charge >= 0.3 is 0 Å². The Balaban J connectivity index is 1.92. The van der Waals surface area contributed by atoms with E-state index in [4.69, 9.17) is 9.47 Å². The lowest BCUT2D eigenvalue weighted by molar-refractivity contribution is -0.132. The molecule has 0 radical (unpaired) electrons. The minimum atomic E-state index is -0.239. The number of hydrogen-bond donors (Lipinski definition) is 1. The quantitative estimate of drug-likeness (QED) is 0.828. The van der Waals surface area contributed by atoms with Crippen molar-refractivity contribution in [2.45, 2.75) is 13.3 Å². The number of ether oxygens (including phenoxy) is 2. The largest absolute Gasteiger partial charge is 0.493 e. The molecule has 2 aromatic rings. The van der Waals surface area contributed by atoms with Crippen molar-refractivity contribution < 1.29 is 19.1 Å². The van der Waals surface area contributed by atoms with Crippen molar-refractivity contribution in [3.8, 4) is 11.5 Å². The monoisotopic (exact) mass is 356 g/mol. The molecule has 0 atom stereocenters. The lowest BCUT2D eigenvalue weighted by Gasteiger charge is -2.17. The Morgan fingerprint density at radius 1 is 1.00 bits per heavy atom. The van der Waals surface area contributed by atoms with Gasteiger partial charge in [0.2, 0.25) is 11.8 Å². The van der Waals surface area contributed by atoms with Crippen molar-refractivity contribution in [3.63, 3.8) is 0 Å². The number of amides is 2. The van der Waals surface area contributed by atoms with E-state index in [1.165, 1.54) is 4.90 Å². The highest BCUT2D eigenvalue weighted by atomic mass is 16.5. The van der Waals surface area contributed by atoms with Crippen molar-refractivity contribution in [1.29, 1.82) is 0 Å². The number of nitrogens with one attached hydrogen (secondary N) is 1. The third-order valence-corrected chi connectivity index (χ3v) is 3.95. The molecular formula is C20H24N2O4. The molecule has 0 aromatic heterocycles. The zero-order chi connectivity index (χ0) is 19.1. The van der Waals surface area contributed by atoms with Gasteiger partial charge in [0.25, 0.3) is 0 Å². The summed E-state index contributed by atoms with van der Waals surface area (Å²) in [4.78, 5) is 25.9. The number of carbonyl (C=O) groups excluding carboxylic acids is 2. The summed E-state index contributed by atoms with van der Waals surface area (Å²) in [6, 6.07) is 12.8. The van der Waals surface area contributed by atoms with E-state index in [-0.39, 0.29) is 24.8 Å². The molecule has 0 fully saturated rings. The van der Waals surface area contributed by atoms with Gasteiger partial charge in [-0.2, -0.15) is 0 Å². The average Bonchev–Trinajstić information content (AvgIpc) is 2.63. The maximum atomic E-state index is 12.4. The molecule has 0 heterocycles. The molecule has 2 amide bonds. The smallest absolute Gasteiger partial charge is 0.243 e. The second-order valence-corrected chi connectivity index (χ2v) is 6.03. The normalized spacial score (nSPS) is 10.2. The molecule has 0 bridgehead atoms. The van der Waals surface area contributed by atoms with E-state index in [0.29, 0.717) is 17.2 Å². The van der Waals surface area contributed by atoms with Crippen molar-refractivity contribution in [2.75, 3.05) is 33.1 Å². The number of methoxy groups -OCH3 is 2. The molecule has 0 unspecified atom stereocenters. The summed E-state index contributed by atoms with van der Waals surface area (Å²) in [7, 11) is 4.71. The molecule has 0 spiro atoms. The Morgan fingerprint density at radius 3 is 2.27 bits per heavy atom. The number of likely N-dealkylation sites (N-methyl/N-ethyl adjacent to an activating group) is 1. The molecule has 0 saturated carbocycles. The zero-order valence-corrected chi connectivity index (χ0v) is 15.5. The molecule has 0 aliphatic rings. The van der Waals surface area contributed by atoms with Gasteiger partial charge in [-0.05, 0) is 36.8 Å². The summed E-state index contributed by atoms with van der Waals surface area (Å²) in [6.07, 6.45) is 0.175. The molecule has 2 rings (SSSR count). The number of benzene rings is 2. The van der Waals surface area contributed by atoms with Crippen LogP contribution in [-0.2, 0) is 16.0 Å². The van der Waals surface area contributed by atoms with Crippen LogP contribution >= 0.6 is 0 Å². The van der Waals surface area contributed by atoms with Crippen LogP contribution in [0.25, 0.3) is 0 Å². The van der Waals surface area contributed by atoms with Gasteiger partial charge in [-0.3, -0.25) is 9.59 Å². The maximum absolute atomic E-state index is 12.4. The number of hydrogen-bond acceptors (Lipinski definition) is 4. The van der Waals surface area contributed by atoms with Crippen molar-refractivity contribution in [1.82, 2.24) is 4.90 Å². The van der Waals surface area contributed by atoms with Crippen LogP contribution in [0.5, 0.6) is 11.5 Å². The summed E-state index contributed by atoms with van der Waals surface area (Å²) < 4.78 is 10.4. The van der Waals surface area contributed by atoms with Crippen LogP contribution < -0.4 is 14.8 Å². The van der Waals surface area contributed by atoms with E-state index in [1.54, 1.807) is 39.5 Å². The van der Waals surface area contributed by atoms with Gasteiger partial charge in [0.15, 0.2) is 11.5 Å². The van der Waals surface area contributed by atoms with Gasteiger partial charge in [-0.1, -0.05) is 23.8 Å². The molecule has 0 saturated heterocycles. The zero-order valence-electron chi connectivity index (χ0n) is 15.5. The Bertz CT molecular complexity index is 772. The highest BCUT2D eigenvalue weighted by Gasteiger charge is 2.15. The van der Waals surface area contributed by atoms with Gasteiger partial charge in [0.05, 0.1) is 27.2 Å². The minimum absolute atomic E-state index is 0.0139. The van der Waals surface area contributed by atoms with Gasteiger partial charge in [0.1, 0.15) is 0 Å². The van der Waals surface area contributed by atoms with Crippen molar-refractivity contribution in [2.24, 2.45) is 0 Å². The third-order valence-electron chi connectivity index (χ3n) is 3.95. The second-order valence-electron chi connectivity index (χ2n) is 6.03. The molecule has 2 aromatic carbocycles. The predicted molar refractivity (Wildman–Crippen MR) is 101 cm³/mol. The number of rotatable bonds is 7. The Labute approximate surface area is 153 Å². The Kier molecular flexibility index (Phi) is 6.60. The fraction of sp³-hybridized carbons (Fsp3) is 0.300. The van der Waals surface area contributed by atoms with Gasteiger partial charge in [0, 0.05) is 12.7 Å². The summed E-state index contributed by atoms with van der Waals surface area (Å²) in [6.45, 7) is 1.96. The number of anilines is 1. The Morgan fingerprint density at radius 2 is 1.65 bits per heavy atom. The molecule has 0 aliphatic carbocycles. The van der Waals surface area contributed by atoms with E-state index in [1.807, 2.05) is 31.2 Å². The summed E-state index contributed by atoms with van der Waals surface area (Å²) >= 11 is 0. The lowest BCUT2D eigenvalue weighted by Crippen LogP contribution is -2.35. The minimum Gasteiger partial charge on any atom is -0.493 e. The lowest BCUT2D eigenvalue weighted by atomic mass is 10.1. The molecule has 0 aliphatic heterocycles. The summed E-state index contributed by atoms with van der Waals surface area (Å²) in [5.41, 5.74) is 2.62. The first-order valence-electron chi connectivity index (χ1n) is 8.24. The molecule has 1 N–H and O–H groups in total. The SMILES string of the molecule is COc1ccc(CC(=O)N(C)CC(=O)Nc2ccc(C)cc2)cc1OC. The van der Waals surface area contributed by atoms with Gasteiger partial charge < -0.3 is 19.7 Å². The van der Waals surface area contributed by atoms with E-state index >= 15 is 0 Å². The second kappa shape index (κ2) is 8.89. The maximum Gasteiger partial charge on any atom is 0.243 e. The van der Waals surface area contributed by atoms with Gasteiger partial charge in [-0.15, -0.1) is 0 Å². The van der Waals surface area contributed by atoms with Crippen LogP contribution in [0.3, 0.4) is 0 Å². The van der Waals surface area contributed by atoms with Crippen LogP contribution in [0.4, 0.5) is 5.69 Å². The van der Waals surface area contributed by atoms with Crippen LogP contribution in [0.15, 0.2) is 42.5 Å². The molecule has 6 heteroatoms. The van der Waals surface area contributed by atoms with E-state index < -0.39 is 0 Å². The highest BCUT2D eigenvalue weighted by molar-refractivity contribution is 5.94. The van der Waals surface area contributed by atoms with Crippen LogP contribution in [-0.4, -0.2) is 44.5 Å². The Hall–Kier alpha value is -3.02. The van der Waals surface area contributed by atoms with Crippen LogP contribution in [0, 0.1) is 6.92 Å². The first-order chi connectivity index (χ1) is 12.4. The number of aryl methyl sites for hydroxylation is 1. The van der Waals surface area contributed by atoms with Crippen LogP contribution in [0.1, 0.15) is 11.1 Å². The molecule has 138 valence electrons. The summed E-state index contributed by atoms with van der Waals surface area (Å²) in [5, 5.41) is 2.78.